The standard InChI is InChI=1S/C30H26BrN3O4/c1-32-18-23-24-25(28(37)33(27(24)36)17-20-10-6-3-7-11-20)30(29(32)38,16-19-8-4-2-5-9-19)34(23)26(35)21-12-14-22(31)15-13-21/h2-15,23-25H,16-18H2,1H3/t23?,24?,25?,30-/m1/s1. The van der Waals surface area contributed by atoms with Gasteiger partial charge in [0.2, 0.25) is 17.7 Å². The Balaban J connectivity index is 1.50. The van der Waals surface area contributed by atoms with Gasteiger partial charge in [-0.25, -0.2) is 0 Å². The van der Waals surface area contributed by atoms with E-state index in [0.29, 0.717) is 5.56 Å². The van der Waals surface area contributed by atoms with Crippen molar-refractivity contribution in [2.75, 3.05) is 13.6 Å². The van der Waals surface area contributed by atoms with Gasteiger partial charge in [-0.05, 0) is 35.4 Å². The molecule has 4 atom stereocenters. The second-order valence-corrected chi connectivity index (χ2v) is 11.2. The van der Waals surface area contributed by atoms with Gasteiger partial charge in [0.15, 0.2) is 0 Å². The van der Waals surface area contributed by atoms with E-state index in [9.17, 15) is 19.2 Å². The lowest BCUT2D eigenvalue weighted by Gasteiger charge is -2.49. The lowest BCUT2D eigenvalue weighted by Crippen LogP contribution is -2.69. The number of amides is 4. The van der Waals surface area contributed by atoms with Gasteiger partial charge in [0.05, 0.1) is 24.4 Å². The average Bonchev–Trinajstić information content (AvgIpc) is 3.31. The molecule has 8 heteroatoms. The predicted octanol–water partition coefficient (Wildman–Crippen LogP) is 3.53. The highest BCUT2D eigenvalue weighted by atomic mass is 79.9. The summed E-state index contributed by atoms with van der Waals surface area (Å²) in [7, 11) is 1.69. The molecular weight excluding hydrogens is 546 g/mol. The third kappa shape index (κ3) is 3.61. The first-order valence-corrected chi connectivity index (χ1v) is 13.4. The lowest BCUT2D eigenvalue weighted by molar-refractivity contribution is -0.155. The Morgan fingerprint density at radius 1 is 0.868 bits per heavy atom. The van der Waals surface area contributed by atoms with Gasteiger partial charge in [-0.1, -0.05) is 76.6 Å². The van der Waals surface area contributed by atoms with Crippen molar-refractivity contribution in [2.45, 2.75) is 24.5 Å². The second kappa shape index (κ2) is 9.20. The number of halogens is 1. The summed E-state index contributed by atoms with van der Waals surface area (Å²) < 4.78 is 0.823. The van der Waals surface area contributed by atoms with Crippen molar-refractivity contribution >= 4 is 39.6 Å². The van der Waals surface area contributed by atoms with Crippen molar-refractivity contribution in [1.29, 1.82) is 0 Å². The van der Waals surface area contributed by atoms with Crippen LogP contribution in [0.1, 0.15) is 21.5 Å². The van der Waals surface area contributed by atoms with Crippen LogP contribution in [0.15, 0.2) is 89.4 Å². The first-order valence-electron chi connectivity index (χ1n) is 12.6. The molecule has 3 aliphatic rings. The largest absolute Gasteiger partial charge is 0.342 e. The molecule has 6 rings (SSSR count). The summed E-state index contributed by atoms with van der Waals surface area (Å²) in [4.78, 5) is 60.9. The van der Waals surface area contributed by atoms with Gasteiger partial charge in [-0.2, -0.15) is 0 Å². The summed E-state index contributed by atoms with van der Waals surface area (Å²) in [5.74, 6) is -3.10. The first-order chi connectivity index (χ1) is 18.3. The highest BCUT2D eigenvalue weighted by Crippen LogP contribution is 2.54. The summed E-state index contributed by atoms with van der Waals surface area (Å²) >= 11 is 3.41. The summed E-state index contributed by atoms with van der Waals surface area (Å²) in [5.41, 5.74) is 0.564. The second-order valence-electron chi connectivity index (χ2n) is 10.3. The number of likely N-dealkylation sites (N-methyl/N-ethyl adjacent to an activating group) is 1. The molecule has 2 bridgehead atoms. The number of imide groups is 1. The first kappa shape index (κ1) is 24.6. The number of hydrogen-bond donors (Lipinski definition) is 0. The maximum absolute atomic E-state index is 14.2. The zero-order valence-corrected chi connectivity index (χ0v) is 22.4. The molecule has 0 saturated carbocycles. The fourth-order valence-corrected chi connectivity index (χ4v) is 6.80. The minimum Gasteiger partial charge on any atom is -0.342 e. The summed E-state index contributed by atoms with van der Waals surface area (Å²) in [6, 6.07) is 25.1. The van der Waals surface area contributed by atoms with E-state index >= 15 is 0 Å². The molecule has 3 aromatic rings. The molecule has 0 aromatic heterocycles. The van der Waals surface area contributed by atoms with Gasteiger partial charge in [-0.15, -0.1) is 0 Å². The number of rotatable bonds is 5. The van der Waals surface area contributed by atoms with Gasteiger partial charge >= 0.3 is 0 Å². The third-order valence-electron chi connectivity index (χ3n) is 8.12. The normalized spacial score (nSPS) is 26.2. The molecule has 3 fully saturated rings. The Morgan fingerprint density at radius 3 is 2.11 bits per heavy atom. The monoisotopic (exact) mass is 571 g/mol. The Hall–Kier alpha value is -3.78. The van der Waals surface area contributed by atoms with Crippen molar-refractivity contribution in [1.82, 2.24) is 14.7 Å². The van der Waals surface area contributed by atoms with Crippen LogP contribution in [-0.2, 0) is 27.3 Å². The molecule has 0 N–H and O–H groups in total. The van der Waals surface area contributed by atoms with E-state index in [4.69, 9.17) is 0 Å². The number of fused-ring (bicyclic) bond motifs is 5. The number of piperazine rings is 1. The Bertz CT molecular complexity index is 1430. The van der Waals surface area contributed by atoms with E-state index in [0.717, 1.165) is 15.6 Å². The minimum atomic E-state index is -1.51. The summed E-state index contributed by atoms with van der Waals surface area (Å²) in [5, 5.41) is 0. The average molecular weight is 572 g/mol. The van der Waals surface area contributed by atoms with E-state index in [1.807, 2.05) is 60.7 Å². The van der Waals surface area contributed by atoms with Gasteiger partial charge in [0.1, 0.15) is 5.54 Å². The van der Waals surface area contributed by atoms with Crippen molar-refractivity contribution in [2.24, 2.45) is 11.8 Å². The quantitative estimate of drug-likeness (QED) is 0.439. The molecule has 3 aliphatic heterocycles. The molecular formula is C30H26BrN3O4. The highest BCUT2D eigenvalue weighted by molar-refractivity contribution is 9.10. The van der Waals surface area contributed by atoms with Crippen LogP contribution in [0.2, 0.25) is 0 Å². The Kier molecular flexibility index (Phi) is 5.94. The van der Waals surface area contributed by atoms with Crippen LogP contribution >= 0.6 is 15.9 Å². The predicted molar refractivity (Wildman–Crippen MR) is 144 cm³/mol. The van der Waals surface area contributed by atoms with Crippen LogP contribution in [0.5, 0.6) is 0 Å². The molecule has 0 radical (unpaired) electrons. The molecule has 3 saturated heterocycles. The number of nitrogens with zero attached hydrogens (tertiary/aromatic N) is 3. The van der Waals surface area contributed by atoms with Gasteiger partial charge in [-0.3, -0.25) is 24.1 Å². The topological polar surface area (TPSA) is 78.0 Å². The van der Waals surface area contributed by atoms with Crippen LogP contribution in [0.4, 0.5) is 0 Å². The van der Waals surface area contributed by atoms with Gasteiger partial charge < -0.3 is 9.80 Å². The van der Waals surface area contributed by atoms with Crippen LogP contribution in [0, 0.1) is 11.8 Å². The van der Waals surface area contributed by atoms with E-state index in [1.165, 1.54) is 4.90 Å². The molecule has 7 nitrogen and oxygen atoms in total. The molecule has 0 spiro atoms. The molecule has 192 valence electrons. The fourth-order valence-electron chi connectivity index (χ4n) is 6.54. The maximum atomic E-state index is 14.2. The van der Waals surface area contributed by atoms with Crippen molar-refractivity contribution in [3.05, 3.63) is 106 Å². The van der Waals surface area contributed by atoms with E-state index in [-0.39, 0.29) is 43.1 Å². The summed E-state index contributed by atoms with van der Waals surface area (Å²) in [6.07, 6.45) is 0.148. The number of benzene rings is 3. The molecule has 4 amide bonds. The maximum Gasteiger partial charge on any atom is 0.255 e. The van der Waals surface area contributed by atoms with E-state index in [1.54, 1.807) is 41.1 Å². The molecule has 3 unspecified atom stereocenters. The molecule has 3 heterocycles. The van der Waals surface area contributed by atoms with Crippen LogP contribution in [-0.4, -0.2) is 63.5 Å². The number of carbonyl (C=O) groups excluding carboxylic acids is 4. The highest BCUT2D eigenvalue weighted by Gasteiger charge is 2.75. The van der Waals surface area contributed by atoms with E-state index < -0.39 is 23.4 Å². The third-order valence-corrected chi connectivity index (χ3v) is 8.65. The SMILES string of the molecule is CN1CC2C3C(=O)N(Cc4ccccc4)C(=O)C3[C@](Cc3ccccc3)(C1=O)N2C(=O)c1ccc(Br)cc1. The van der Waals surface area contributed by atoms with E-state index in [2.05, 4.69) is 15.9 Å². The minimum absolute atomic E-state index is 0.143. The zero-order chi connectivity index (χ0) is 26.6. The van der Waals surface area contributed by atoms with Gasteiger partial charge in [0, 0.05) is 30.0 Å². The molecule has 0 aliphatic carbocycles. The smallest absolute Gasteiger partial charge is 0.255 e. The number of carbonyl (C=O) groups is 4. The van der Waals surface area contributed by atoms with Crippen LogP contribution in [0.25, 0.3) is 0 Å². The van der Waals surface area contributed by atoms with Crippen LogP contribution < -0.4 is 0 Å². The Labute approximate surface area is 229 Å². The molecule has 3 aromatic carbocycles. The number of likely N-dealkylation sites (tertiary alicyclic amines) is 2. The van der Waals surface area contributed by atoms with Crippen molar-refractivity contribution in [3.63, 3.8) is 0 Å². The Morgan fingerprint density at radius 2 is 1.47 bits per heavy atom. The molecule has 38 heavy (non-hydrogen) atoms. The van der Waals surface area contributed by atoms with Crippen LogP contribution in [0.3, 0.4) is 0 Å². The summed E-state index contributed by atoms with van der Waals surface area (Å²) in [6.45, 7) is 0.335. The van der Waals surface area contributed by atoms with Gasteiger partial charge in [0.25, 0.3) is 5.91 Å². The zero-order valence-electron chi connectivity index (χ0n) is 20.8. The van der Waals surface area contributed by atoms with Crippen molar-refractivity contribution in [3.8, 4) is 0 Å². The number of hydrogen-bond acceptors (Lipinski definition) is 4. The lowest BCUT2D eigenvalue weighted by atomic mass is 9.75. The fraction of sp³-hybridized carbons (Fsp3) is 0.267. The van der Waals surface area contributed by atoms with Crippen molar-refractivity contribution < 1.29 is 19.2 Å².